The minimum Gasteiger partial charge on any atom is -0.463 e. The summed E-state index contributed by atoms with van der Waals surface area (Å²) >= 11 is 42.2. The van der Waals surface area contributed by atoms with Crippen molar-refractivity contribution in [1.82, 2.24) is 10.6 Å². The first kappa shape index (κ1) is 89.2. The number of azide groups is 1. The van der Waals surface area contributed by atoms with Crippen LogP contribution in [0.5, 0.6) is 0 Å². The summed E-state index contributed by atoms with van der Waals surface area (Å²) in [5.74, 6) is -6.35. The number of benzene rings is 5. The number of hydrogen-bond donors (Lipinski definition) is 3. The fourth-order valence-corrected chi connectivity index (χ4v) is 13.7. The maximum absolute atomic E-state index is 16.0. The van der Waals surface area contributed by atoms with Crippen LogP contribution < -0.4 is 10.6 Å². The molecule has 5 fully saturated rings. The minimum atomic E-state index is -2.80. The summed E-state index contributed by atoms with van der Waals surface area (Å²) in [6.45, 7) is 1.21. The van der Waals surface area contributed by atoms with Crippen molar-refractivity contribution in [3.8, 4) is 0 Å². The molecule has 38 heteroatoms. The van der Waals surface area contributed by atoms with Crippen LogP contribution in [0.25, 0.3) is 10.4 Å². The van der Waals surface area contributed by atoms with E-state index in [9.17, 15) is 29.1 Å². The highest BCUT2D eigenvalue weighted by molar-refractivity contribution is 9.09. The molecule has 5 saturated heterocycles. The number of nitrogens with zero attached hydrogens (tertiary/aromatic N) is 3. The van der Waals surface area contributed by atoms with Gasteiger partial charge in [0.2, 0.25) is 0 Å². The Balaban J connectivity index is 1.13. The molecule has 31 nitrogen and oxygen atoms in total. The van der Waals surface area contributed by atoms with Gasteiger partial charge in [-0.05, 0) is 34.2 Å². The predicted octanol–water partition coefficient (Wildman–Crippen LogP) is 9.26. The smallest absolute Gasteiger partial charge is 0.338 e. The van der Waals surface area contributed by atoms with Crippen molar-refractivity contribution in [2.24, 2.45) is 5.11 Å². The highest BCUT2D eigenvalue weighted by atomic mass is 79.9. The molecule has 5 aromatic carbocycles. The Morgan fingerprint density at radius 3 is 1.58 bits per heavy atom. The minimum absolute atomic E-state index is 0.00710. The van der Waals surface area contributed by atoms with Crippen LogP contribution in [-0.2, 0) is 145 Å². The molecule has 21 atom stereocenters. The molecule has 614 valence electrons. The van der Waals surface area contributed by atoms with Gasteiger partial charge < -0.3 is 106 Å². The average molecular weight is 1760 g/mol. The molecule has 0 aliphatic carbocycles. The lowest BCUT2D eigenvalue weighted by Crippen LogP contribution is -2.72. The number of nitrogens with one attached hydrogen (secondary N) is 2. The number of carbonyl (C=O) groups is 6. The van der Waals surface area contributed by atoms with Crippen LogP contribution in [0.1, 0.15) is 61.3 Å². The third-order valence-corrected chi connectivity index (χ3v) is 19.6. The van der Waals surface area contributed by atoms with Crippen molar-refractivity contribution >= 4 is 121 Å². The summed E-state index contributed by atoms with van der Waals surface area (Å²) in [5.41, 5.74) is 11.5. The van der Waals surface area contributed by atoms with Crippen molar-refractivity contribution < 1.29 is 124 Å². The molecule has 10 rings (SSSR count). The summed E-state index contributed by atoms with van der Waals surface area (Å²) in [5, 5.41) is 21.4. The van der Waals surface area contributed by atoms with Gasteiger partial charge in [-0.3, -0.25) is 24.0 Å². The quantitative estimate of drug-likeness (QED) is 0.00491. The molecule has 5 heterocycles. The number of rotatable bonds is 36. The third-order valence-electron chi connectivity index (χ3n) is 18.0. The van der Waals surface area contributed by atoms with Gasteiger partial charge in [0.15, 0.2) is 49.8 Å². The van der Waals surface area contributed by atoms with Crippen molar-refractivity contribution in [3.63, 3.8) is 0 Å². The van der Waals surface area contributed by atoms with Crippen LogP contribution in [-0.4, -0.2) is 223 Å². The van der Waals surface area contributed by atoms with E-state index in [1.165, 1.54) is 0 Å². The summed E-state index contributed by atoms with van der Waals surface area (Å²) in [6, 6.07) is 40.5. The molecule has 1 unspecified atom stereocenters. The lowest BCUT2D eigenvalue weighted by atomic mass is 9.93. The van der Waals surface area contributed by atoms with Gasteiger partial charge >= 0.3 is 23.9 Å². The fraction of sp³-hybridized carbons (Fsp3) is 0.520. The molecule has 0 aromatic heterocycles. The van der Waals surface area contributed by atoms with E-state index in [4.69, 9.17) is 165 Å². The number of amides is 2. The molecule has 3 N–H and O–H groups in total. The summed E-state index contributed by atoms with van der Waals surface area (Å²) in [6.07, 6.45) is -31.4. The Hall–Kier alpha value is -6.19. The molecule has 0 saturated carbocycles. The van der Waals surface area contributed by atoms with E-state index in [-0.39, 0.29) is 64.7 Å². The molecule has 0 spiro atoms. The lowest BCUT2D eigenvalue weighted by Gasteiger charge is -2.53. The van der Waals surface area contributed by atoms with E-state index in [2.05, 4.69) is 36.6 Å². The molecule has 0 bridgehead atoms. The Kier molecular flexibility index (Phi) is 34.6. The highest BCUT2D eigenvalue weighted by Crippen LogP contribution is 2.43. The first-order valence-corrected chi connectivity index (χ1v) is 39.1. The fourth-order valence-electron chi connectivity index (χ4n) is 12.8. The number of halogens is 7. The standard InChI is InChI=1S/C75H84BrCl6N5O26/c1-42(88)97-39-51-58(104-43(2)89)61(105-44(3)90)55(91)70(108-51)110-60-54(86-73(94)75(80,81)82)69(107-52-40-102-67(109-57(52)60)49-28-17-8-18-29-49)112-63-62(99-36-46-22-11-5-12-23-46)65(100-37-47-24-13-6-14-25-47)71(113-64(63)66(92)101-38-48-26-15-7-16-27-48)111-59-53(85-72(93)74(77,78)79)68(103-41-96-32-19-31-95-33-30-84-87-83)106-50(34-76)56(59)98-35-45-20-9-4-10-21-45/h4-18,20-29,50-65,67-71,91H,19,30-41H2,1-3H3,(H,85,93)(H,86,94)/t50-,51-,52-,53-,54-,55-,56-,57-,58+,59-,60-,61-,62+,63-,64+,65-,67?,68-,69+,70+,71+/m1/s1. The normalized spacial score (nSPS) is 29.1. The second-order valence-electron chi connectivity index (χ2n) is 26.1. The van der Waals surface area contributed by atoms with Gasteiger partial charge in [-0.2, -0.15) is 0 Å². The molecule has 113 heavy (non-hydrogen) atoms. The van der Waals surface area contributed by atoms with E-state index in [1.54, 1.807) is 133 Å². The van der Waals surface area contributed by atoms with E-state index < -0.39 is 186 Å². The van der Waals surface area contributed by atoms with E-state index in [0.717, 1.165) is 20.8 Å². The molecule has 2 amide bonds. The number of carbonyl (C=O) groups excluding carboxylic acids is 6. The Labute approximate surface area is 688 Å². The number of fused-ring (bicyclic) bond motifs is 1. The highest BCUT2D eigenvalue weighted by Gasteiger charge is 2.62. The van der Waals surface area contributed by atoms with Crippen LogP contribution in [0.2, 0.25) is 0 Å². The Morgan fingerprint density at radius 1 is 0.522 bits per heavy atom. The van der Waals surface area contributed by atoms with Gasteiger partial charge in [-0.15, -0.1) is 0 Å². The topological polar surface area (TPSA) is 371 Å². The number of alkyl halides is 7. The van der Waals surface area contributed by atoms with Crippen LogP contribution in [0, 0.1) is 0 Å². The number of ether oxygens (including phenoxy) is 19. The lowest BCUT2D eigenvalue weighted by molar-refractivity contribution is -0.396. The molecule has 5 aromatic rings. The Morgan fingerprint density at radius 2 is 1.03 bits per heavy atom. The van der Waals surface area contributed by atoms with Gasteiger partial charge in [0.05, 0.1) is 45.7 Å². The van der Waals surface area contributed by atoms with Gasteiger partial charge in [-0.25, -0.2) is 4.79 Å². The van der Waals surface area contributed by atoms with Crippen LogP contribution >= 0.6 is 85.5 Å². The van der Waals surface area contributed by atoms with Crippen molar-refractivity contribution in [1.29, 1.82) is 0 Å². The van der Waals surface area contributed by atoms with E-state index in [1.807, 2.05) is 18.2 Å². The molecule has 5 aliphatic heterocycles. The molecular formula is C75H84BrCl6N5O26. The largest absolute Gasteiger partial charge is 0.463 e. The van der Waals surface area contributed by atoms with E-state index >= 15 is 4.79 Å². The number of hydrogen-bond acceptors (Lipinski definition) is 27. The van der Waals surface area contributed by atoms with Crippen molar-refractivity contribution in [3.05, 3.63) is 190 Å². The zero-order valence-electron chi connectivity index (χ0n) is 60.9. The number of aliphatic hydroxyl groups excluding tert-OH is 1. The van der Waals surface area contributed by atoms with Crippen LogP contribution in [0.15, 0.2) is 157 Å². The summed E-state index contributed by atoms with van der Waals surface area (Å²) < 4.78 is 118. The third kappa shape index (κ3) is 25.9. The maximum atomic E-state index is 16.0. The number of esters is 4. The summed E-state index contributed by atoms with van der Waals surface area (Å²) in [4.78, 5) is 86.1. The predicted molar refractivity (Wildman–Crippen MR) is 404 cm³/mol. The second kappa shape index (κ2) is 43.9. The van der Waals surface area contributed by atoms with Gasteiger partial charge in [0, 0.05) is 49.7 Å². The van der Waals surface area contributed by atoms with E-state index in [0.29, 0.717) is 34.2 Å². The van der Waals surface area contributed by atoms with Crippen molar-refractivity contribution in [2.45, 2.75) is 190 Å². The van der Waals surface area contributed by atoms with Crippen molar-refractivity contribution in [2.75, 3.05) is 51.7 Å². The Bertz CT molecular complexity index is 3880. The zero-order chi connectivity index (χ0) is 80.6. The first-order valence-electron chi connectivity index (χ1n) is 35.7. The second-order valence-corrected chi connectivity index (χ2v) is 31.3. The first-order chi connectivity index (χ1) is 54.4. The zero-order valence-corrected chi connectivity index (χ0v) is 67.0. The van der Waals surface area contributed by atoms with Gasteiger partial charge in [0.25, 0.3) is 19.4 Å². The number of aliphatic hydroxyl groups is 1. The average Bonchev–Trinajstić information content (AvgIpc) is 0.692. The van der Waals surface area contributed by atoms with Crippen LogP contribution in [0.4, 0.5) is 0 Å². The maximum Gasteiger partial charge on any atom is 0.338 e. The van der Waals surface area contributed by atoms with Gasteiger partial charge in [0.1, 0.15) is 93.1 Å². The molecule has 0 radical (unpaired) electrons. The SMILES string of the molecule is CC(=O)OC[C@H]1O[C@@H](O[C@@H]2[C@@H](NC(=O)C(Cl)(Cl)Cl)[C@H](O[C@@H]3[C@H](OCc4ccccc4)[C@@H](OCc4ccccc4)[C@@H](O[C@@H]4[C@@H](NC(=O)C(Cl)(Cl)Cl)[C@H](OCOCCCOCCN=[N+]=[N-])O[C@H](CBr)[C@H]4OCc4ccccc4)O[C@@H]3C(=O)OCc3ccccc3)O[C@@H]3COC(c4ccccc4)O[C@@H]23)[C@H](O)[C@@H](OC(C)=O)[C@H]1OC(C)=O. The molecule has 5 aliphatic rings. The monoisotopic (exact) mass is 1760 g/mol. The molecular weight excluding hydrogens is 1680 g/mol. The summed E-state index contributed by atoms with van der Waals surface area (Å²) in [7, 11) is 0. The van der Waals surface area contributed by atoms with Crippen LogP contribution in [0.3, 0.4) is 0 Å². The van der Waals surface area contributed by atoms with Gasteiger partial charge in [-0.1, -0.05) is 242 Å².